The van der Waals surface area contributed by atoms with E-state index < -0.39 is 10.0 Å². The quantitative estimate of drug-likeness (QED) is 0.386. The highest BCUT2D eigenvalue weighted by Gasteiger charge is 2.21. The number of ether oxygens (including phenoxy) is 1. The van der Waals surface area contributed by atoms with Crippen molar-refractivity contribution in [3.05, 3.63) is 89.4 Å². The second-order valence-corrected chi connectivity index (χ2v) is 10.5. The third kappa shape index (κ3) is 5.82. The molecule has 0 saturated heterocycles. The van der Waals surface area contributed by atoms with Crippen molar-refractivity contribution in [1.82, 2.24) is 9.29 Å². The predicted molar refractivity (Wildman–Crippen MR) is 129 cm³/mol. The molecule has 0 aliphatic heterocycles. The maximum atomic E-state index is 12.8. The highest BCUT2D eigenvalue weighted by atomic mass is 32.2. The average Bonchev–Trinajstić information content (AvgIpc) is 3.23. The minimum absolute atomic E-state index is 0.129. The van der Waals surface area contributed by atoms with Gasteiger partial charge in [-0.05, 0) is 42.0 Å². The number of nitrogens with zero attached hydrogens (tertiary/aromatic N) is 2. The van der Waals surface area contributed by atoms with Crippen LogP contribution in [0, 0.1) is 0 Å². The minimum atomic E-state index is -3.65. The van der Waals surface area contributed by atoms with Gasteiger partial charge in [0.05, 0.1) is 21.7 Å². The van der Waals surface area contributed by atoms with E-state index in [-0.39, 0.29) is 30.6 Å². The fraction of sp³-hybridized carbons (Fsp3) is 0.167. The molecule has 0 aliphatic carbocycles. The Labute approximate surface area is 196 Å². The molecule has 0 aliphatic rings. The van der Waals surface area contributed by atoms with Crippen molar-refractivity contribution in [3.63, 3.8) is 0 Å². The number of aromatic nitrogens is 1. The summed E-state index contributed by atoms with van der Waals surface area (Å²) in [6, 6.07) is 23.3. The third-order valence-electron chi connectivity index (χ3n) is 4.89. The van der Waals surface area contributed by atoms with Crippen LogP contribution in [0.15, 0.2) is 83.8 Å². The molecule has 33 heavy (non-hydrogen) atoms. The summed E-state index contributed by atoms with van der Waals surface area (Å²) in [7, 11) is -2.11. The molecule has 170 valence electrons. The zero-order valence-electron chi connectivity index (χ0n) is 18.0. The summed E-state index contributed by atoms with van der Waals surface area (Å²) >= 11 is 1.53. The van der Waals surface area contributed by atoms with Gasteiger partial charge in [0.1, 0.15) is 11.6 Å². The van der Waals surface area contributed by atoms with E-state index in [0.717, 1.165) is 20.8 Å². The van der Waals surface area contributed by atoms with E-state index >= 15 is 0 Å². The SMILES string of the molecule is CN(Cc1ccccc1)S(=O)(=O)c1ccc(NC(=O)COCc2nc3ccccc3s2)cc1. The number of rotatable bonds is 9. The number of hydrogen-bond acceptors (Lipinski definition) is 6. The number of hydrogen-bond donors (Lipinski definition) is 1. The number of carbonyl (C=O) groups excluding carboxylic acids is 1. The molecule has 4 aromatic rings. The monoisotopic (exact) mass is 481 g/mol. The van der Waals surface area contributed by atoms with Crippen molar-refractivity contribution >= 4 is 43.2 Å². The van der Waals surface area contributed by atoms with Crippen LogP contribution in [0.3, 0.4) is 0 Å². The normalized spacial score (nSPS) is 11.7. The van der Waals surface area contributed by atoms with Crippen molar-refractivity contribution in [1.29, 1.82) is 0 Å². The molecule has 0 atom stereocenters. The maximum Gasteiger partial charge on any atom is 0.250 e. The summed E-state index contributed by atoms with van der Waals surface area (Å²) in [5.41, 5.74) is 2.31. The van der Waals surface area contributed by atoms with Crippen LogP contribution in [0.2, 0.25) is 0 Å². The number of nitrogens with one attached hydrogen (secondary N) is 1. The number of thiazole rings is 1. The van der Waals surface area contributed by atoms with Gasteiger partial charge in [0.25, 0.3) is 0 Å². The first-order valence-corrected chi connectivity index (χ1v) is 12.5. The van der Waals surface area contributed by atoms with Crippen LogP contribution in [0.1, 0.15) is 10.6 Å². The van der Waals surface area contributed by atoms with E-state index in [1.807, 2.05) is 54.6 Å². The fourth-order valence-corrected chi connectivity index (χ4v) is 5.29. The minimum Gasteiger partial charge on any atom is -0.364 e. The topological polar surface area (TPSA) is 88.6 Å². The van der Waals surface area contributed by atoms with E-state index in [1.165, 1.54) is 27.8 Å². The molecule has 3 aromatic carbocycles. The summed E-state index contributed by atoms with van der Waals surface area (Å²) in [5, 5.41) is 3.52. The second-order valence-electron chi connectivity index (χ2n) is 7.39. The van der Waals surface area contributed by atoms with Gasteiger partial charge >= 0.3 is 0 Å². The lowest BCUT2D eigenvalue weighted by Crippen LogP contribution is -2.26. The maximum absolute atomic E-state index is 12.8. The van der Waals surface area contributed by atoms with Gasteiger partial charge < -0.3 is 10.1 Å². The Morgan fingerprint density at radius 1 is 1.00 bits per heavy atom. The average molecular weight is 482 g/mol. The lowest BCUT2D eigenvalue weighted by molar-refractivity contribution is -0.121. The largest absolute Gasteiger partial charge is 0.364 e. The highest BCUT2D eigenvalue weighted by Crippen LogP contribution is 2.22. The van der Waals surface area contributed by atoms with Crippen molar-refractivity contribution in [2.45, 2.75) is 18.0 Å². The lowest BCUT2D eigenvalue weighted by atomic mass is 10.2. The molecular formula is C24H23N3O4S2. The summed E-state index contributed by atoms with van der Waals surface area (Å²) in [6.45, 7) is 0.390. The number of amides is 1. The zero-order chi connectivity index (χ0) is 23.3. The molecule has 0 radical (unpaired) electrons. The first-order chi connectivity index (χ1) is 15.9. The fourth-order valence-electron chi connectivity index (χ4n) is 3.23. The summed E-state index contributed by atoms with van der Waals surface area (Å²) in [6.07, 6.45) is 0. The van der Waals surface area contributed by atoms with Gasteiger partial charge in [-0.25, -0.2) is 13.4 Å². The van der Waals surface area contributed by atoms with Crippen LogP contribution in [-0.4, -0.2) is 37.3 Å². The number of para-hydroxylation sites is 1. The van der Waals surface area contributed by atoms with E-state index in [0.29, 0.717) is 5.69 Å². The Bertz CT molecular complexity index is 1300. The Hall–Kier alpha value is -3.11. The Kier molecular flexibility index (Phi) is 7.14. The molecule has 1 aromatic heterocycles. The van der Waals surface area contributed by atoms with Gasteiger partial charge in [-0.15, -0.1) is 11.3 Å². The highest BCUT2D eigenvalue weighted by molar-refractivity contribution is 7.89. The molecule has 1 heterocycles. The molecule has 0 saturated carbocycles. The van der Waals surface area contributed by atoms with Crippen LogP contribution in [-0.2, 0) is 32.7 Å². The Morgan fingerprint density at radius 3 is 2.42 bits per heavy atom. The second kappa shape index (κ2) is 10.2. The van der Waals surface area contributed by atoms with E-state index in [9.17, 15) is 13.2 Å². The number of carbonyl (C=O) groups is 1. The first kappa shape index (κ1) is 23.1. The summed E-state index contributed by atoms with van der Waals surface area (Å²) in [4.78, 5) is 16.8. The summed E-state index contributed by atoms with van der Waals surface area (Å²) in [5.74, 6) is -0.326. The zero-order valence-corrected chi connectivity index (χ0v) is 19.6. The van der Waals surface area contributed by atoms with Crippen LogP contribution >= 0.6 is 11.3 Å². The van der Waals surface area contributed by atoms with Crippen molar-refractivity contribution in [2.75, 3.05) is 19.0 Å². The van der Waals surface area contributed by atoms with E-state index in [4.69, 9.17) is 4.74 Å². The van der Waals surface area contributed by atoms with E-state index in [2.05, 4.69) is 10.3 Å². The van der Waals surface area contributed by atoms with Gasteiger partial charge in [0.15, 0.2) is 0 Å². The van der Waals surface area contributed by atoms with Gasteiger partial charge in [-0.3, -0.25) is 4.79 Å². The lowest BCUT2D eigenvalue weighted by Gasteiger charge is -2.17. The van der Waals surface area contributed by atoms with Gasteiger partial charge in [-0.1, -0.05) is 42.5 Å². The van der Waals surface area contributed by atoms with Crippen LogP contribution < -0.4 is 5.32 Å². The molecule has 4 rings (SSSR count). The molecule has 0 unspecified atom stereocenters. The Morgan fingerprint density at radius 2 is 1.70 bits per heavy atom. The van der Waals surface area contributed by atoms with Crippen molar-refractivity contribution in [2.24, 2.45) is 0 Å². The van der Waals surface area contributed by atoms with Crippen LogP contribution in [0.5, 0.6) is 0 Å². The van der Waals surface area contributed by atoms with Crippen molar-refractivity contribution in [3.8, 4) is 0 Å². The van der Waals surface area contributed by atoms with Crippen LogP contribution in [0.25, 0.3) is 10.2 Å². The van der Waals surface area contributed by atoms with Crippen molar-refractivity contribution < 1.29 is 17.9 Å². The predicted octanol–water partition coefficient (Wildman–Crippen LogP) is 4.27. The molecule has 9 heteroatoms. The van der Waals surface area contributed by atoms with Crippen LogP contribution in [0.4, 0.5) is 5.69 Å². The van der Waals surface area contributed by atoms with Gasteiger partial charge in [-0.2, -0.15) is 4.31 Å². The summed E-state index contributed by atoms with van der Waals surface area (Å²) < 4.78 is 33.5. The number of benzene rings is 3. The van der Waals surface area contributed by atoms with Gasteiger partial charge in [0.2, 0.25) is 15.9 Å². The molecular weight excluding hydrogens is 458 g/mol. The van der Waals surface area contributed by atoms with E-state index in [1.54, 1.807) is 19.2 Å². The molecule has 1 N–H and O–H groups in total. The molecule has 0 bridgehead atoms. The molecule has 7 nitrogen and oxygen atoms in total. The number of anilines is 1. The Balaban J connectivity index is 1.29. The number of fused-ring (bicyclic) bond motifs is 1. The molecule has 0 spiro atoms. The number of sulfonamides is 1. The molecule has 1 amide bonds. The first-order valence-electron chi connectivity index (χ1n) is 10.2. The van der Waals surface area contributed by atoms with Gasteiger partial charge in [0, 0.05) is 19.3 Å². The smallest absolute Gasteiger partial charge is 0.250 e. The molecule has 0 fully saturated rings. The standard InChI is InChI=1S/C24H23N3O4S2/c1-27(15-18-7-3-2-4-8-18)33(29,30)20-13-11-19(12-14-20)25-23(28)16-31-17-24-26-21-9-5-6-10-22(21)32-24/h2-14H,15-17H2,1H3,(H,25,28). The third-order valence-corrected chi connectivity index (χ3v) is 7.72.